The molecule has 5 heteroatoms. The van der Waals surface area contributed by atoms with E-state index in [1.54, 1.807) is 26.2 Å². The molecule has 0 aliphatic heterocycles. The van der Waals surface area contributed by atoms with E-state index in [0.717, 1.165) is 12.1 Å². The van der Waals surface area contributed by atoms with Crippen LogP contribution in [0.5, 0.6) is 5.75 Å². The lowest BCUT2D eigenvalue weighted by Gasteiger charge is -2.12. The van der Waals surface area contributed by atoms with Crippen LogP contribution in [-0.4, -0.2) is 30.6 Å². The number of nitrogens with one attached hydrogen (secondary N) is 1. The summed E-state index contributed by atoms with van der Waals surface area (Å²) in [5, 5.41) is 2.52. The molecule has 0 aliphatic carbocycles. The number of hydrogen-bond acceptors (Lipinski definition) is 4. The molecule has 1 atom stereocenters. The van der Waals surface area contributed by atoms with Gasteiger partial charge in [-0.15, -0.1) is 0 Å². The largest absolute Gasteiger partial charge is 0.479 e. The number of ether oxygens (including phenoxy) is 1. The van der Waals surface area contributed by atoms with E-state index in [9.17, 15) is 4.79 Å². The molecule has 1 heterocycles. The number of likely N-dealkylation sites (N-methyl/N-ethyl adjacent to an activating group) is 1. The number of carbonyl (C=O) groups excluding carboxylic acids is 1. The Bertz CT molecular complexity index is 338. The first-order valence-electron chi connectivity index (χ1n) is 5.20. The predicted molar refractivity (Wildman–Crippen MR) is 61.2 cm³/mol. The van der Waals surface area contributed by atoms with Crippen molar-refractivity contribution in [2.24, 2.45) is 5.73 Å². The van der Waals surface area contributed by atoms with Crippen molar-refractivity contribution in [3.05, 3.63) is 24.0 Å². The van der Waals surface area contributed by atoms with Gasteiger partial charge in [-0.2, -0.15) is 0 Å². The molecule has 0 aromatic carbocycles. The highest BCUT2D eigenvalue weighted by Gasteiger charge is 2.12. The van der Waals surface area contributed by atoms with Crippen molar-refractivity contribution >= 4 is 5.91 Å². The lowest BCUT2D eigenvalue weighted by atomic mass is 10.2. The molecule has 16 heavy (non-hydrogen) atoms. The smallest absolute Gasteiger partial charge is 0.260 e. The first kappa shape index (κ1) is 12.4. The molecule has 0 fully saturated rings. The molecule has 1 aromatic rings. The third kappa shape index (κ3) is 3.51. The van der Waals surface area contributed by atoms with Crippen molar-refractivity contribution in [2.75, 3.05) is 13.6 Å². The summed E-state index contributed by atoms with van der Waals surface area (Å²) in [5.41, 5.74) is 6.33. The zero-order valence-corrected chi connectivity index (χ0v) is 9.56. The standard InChI is InChI=1S/C11H17N3O2/c1-8(11(15)13-2)16-10-4-3-9(5-6-12)14-7-10/h3-4,7-8H,5-6,12H2,1-2H3,(H,13,15). The number of rotatable bonds is 5. The van der Waals surface area contributed by atoms with E-state index in [4.69, 9.17) is 10.5 Å². The van der Waals surface area contributed by atoms with Gasteiger partial charge in [0.05, 0.1) is 6.20 Å². The van der Waals surface area contributed by atoms with Gasteiger partial charge in [0.2, 0.25) is 0 Å². The number of amides is 1. The van der Waals surface area contributed by atoms with E-state index >= 15 is 0 Å². The fraction of sp³-hybridized carbons (Fsp3) is 0.455. The molecular formula is C11H17N3O2. The number of carbonyl (C=O) groups is 1. The van der Waals surface area contributed by atoms with Crippen molar-refractivity contribution in [2.45, 2.75) is 19.4 Å². The van der Waals surface area contributed by atoms with Gasteiger partial charge in [-0.3, -0.25) is 9.78 Å². The van der Waals surface area contributed by atoms with Gasteiger partial charge in [0.15, 0.2) is 6.10 Å². The van der Waals surface area contributed by atoms with Crippen molar-refractivity contribution in [1.82, 2.24) is 10.3 Å². The fourth-order valence-corrected chi connectivity index (χ4v) is 1.24. The van der Waals surface area contributed by atoms with E-state index in [-0.39, 0.29) is 5.91 Å². The Kier molecular flexibility index (Phi) is 4.72. The zero-order chi connectivity index (χ0) is 12.0. The van der Waals surface area contributed by atoms with Crippen molar-refractivity contribution in [1.29, 1.82) is 0 Å². The Balaban J connectivity index is 2.58. The van der Waals surface area contributed by atoms with Gasteiger partial charge < -0.3 is 15.8 Å². The summed E-state index contributed by atoms with van der Waals surface area (Å²) < 4.78 is 5.39. The summed E-state index contributed by atoms with van der Waals surface area (Å²) in [7, 11) is 1.57. The van der Waals surface area contributed by atoms with Crippen LogP contribution >= 0.6 is 0 Å². The summed E-state index contributed by atoms with van der Waals surface area (Å²) in [4.78, 5) is 15.4. The van der Waals surface area contributed by atoms with E-state index in [1.807, 2.05) is 6.07 Å². The van der Waals surface area contributed by atoms with Gasteiger partial charge in [0.25, 0.3) is 5.91 Å². The van der Waals surface area contributed by atoms with Crippen LogP contribution in [0.3, 0.4) is 0 Å². The van der Waals surface area contributed by atoms with Gasteiger partial charge in [-0.05, 0) is 25.6 Å². The summed E-state index contributed by atoms with van der Waals surface area (Å²) in [6.07, 6.45) is 1.82. The number of aromatic nitrogens is 1. The number of pyridine rings is 1. The SMILES string of the molecule is CNC(=O)C(C)Oc1ccc(CCN)nc1. The van der Waals surface area contributed by atoms with E-state index in [1.165, 1.54) is 0 Å². The van der Waals surface area contributed by atoms with Gasteiger partial charge in [0.1, 0.15) is 5.75 Å². The first-order chi connectivity index (χ1) is 7.67. The summed E-state index contributed by atoms with van der Waals surface area (Å²) in [6, 6.07) is 3.64. The van der Waals surface area contributed by atoms with Gasteiger partial charge in [-0.25, -0.2) is 0 Å². The Labute approximate surface area is 95.0 Å². The average molecular weight is 223 g/mol. The summed E-state index contributed by atoms with van der Waals surface area (Å²) in [6.45, 7) is 2.26. The highest BCUT2D eigenvalue weighted by Crippen LogP contribution is 2.11. The number of hydrogen-bond donors (Lipinski definition) is 2. The quantitative estimate of drug-likeness (QED) is 0.742. The lowest BCUT2D eigenvalue weighted by Crippen LogP contribution is -2.33. The highest BCUT2D eigenvalue weighted by molar-refractivity contribution is 5.80. The van der Waals surface area contributed by atoms with Gasteiger partial charge in [0, 0.05) is 19.2 Å². The van der Waals surface area contributed by atoms with Crippen LogP contribution in [0.1, 0.15) is 12.6 Å². The van der Waals surface area contributed by atoms with Crippen LogP contribution in [-0.2, 0) is 11.2 Å². The summed E-state index contributed by atoms with van der Waals surface area (Å²) in [5.74, 6) is 0.419. The Morgan fingerprint density at radius 3 is 2.88 bits per heavy atom. The van der Waals surface area contributed by atoms with Crippen molar-refractivity contribution < 1.29 is 9.53 Å². The molecule has 0 saturated heterocycles. The molecule has 1 amide bonds. The molecule has 1 unspecified atom stereocenters. The molecule has 1 aromatic heterocycles. The van der Waals surface area contributed by atoms with Crippen LogP contribution < -0.4 is 15.8 Å². The molecule has 1 rings (SSSR count). The second-order valence-electron chi connectivity index (χ2n) is 3.40. The second-order valence-corrected chi connectivity index (χ2v) is 3.40. The summed E-state index contributed by atoms with van der Waals surface area (Å²) >= 11 is 0. The minimum atomic E-state index is -0.521. The zero-order valence-electron chi connectivity index (χ0n) is 9.56. The highest BCUT2D eigenvalue weighted by atomic mass is 16.5. The molecule has 88 valence electrons. The maximum Gasteiger partial charge on any atom is 0.260 e. The van der Waals surface area contributed by atoms with Crippen LogP contribution in [0.2, 0.25) is 0 Å². The van der Waals surface area contributed by atoms with Crippen LogP contribution in [0.15, 0.2) is 18.3 Å². The minimum Gasteiger partial charge on any atom is -0.479 e. The Morgan fingerprint density at radius 2 is 2.38 bits per heavy atom. The monoisotopic (exact) mass is 223 g/mol. The third-order valence-corrected chi connectivity index (χ3v) is 2.13. The van der Waals surface area contributed by atoms with E-state index < -0.39 is 6.10 Å². The van der Waals surface area contributed by atoms with Crippen LogP contribution in [0.25, 0.3) is 0 Å². The molecule has 0 spiro atoms. The topological polar surface area (TPSA) is 77.2 Å². The molecule has 0 saturated carbocycles. The normalized spacial score (nSPS) is 11.9. The number of nitrogens with two attached hydrogens (primary N) is 1. The maximum absolute atomic E-state index is 11.2. The predicted octanol–water partition coefficient (Wildman–Crippen LogP) is 0.0961. The van der Waals surface area contributed by atoms with Crippen molar-refractivity contribution in [3.63, 3.8) is 0 Å². The Morgan fingerprint density at radius 1 is 1.62 bits per heavy atom. The van der Waals surface area contributed by atoms with E-state index in [0.29, 0.717) is 12.3 Å². The minimum absolute atomic E-state index is 0.161. The number of nitrogens with zero attached hydrogens (tertiary/aromatic N) is 1. The second kappa shape index (κ2) is 6.07. The Hall–Kier alpha value is -1.62. The molecule has 0 aliphatic rings. The molecule has 5 nitrogen and oxygen atoms in total. The lowest BCUT2D eigenvalue weighted by molar-refractivity contribution is -0.126. The van der Waals surface area contributed by atoms with Crippen molar-refractivity contribution in [3.8, 4) is 5.75 Å². The fourth-order valence-electron chi connectivity index (χ4n) is 1.24. The van der Waals surface area contributed by atoms with Gasteiger partial charge in [-0.1, -0.05) is 0 Å². The van der Waals surface area contributed by atoms with Gasteiger partial charge >= 0.3 is 0 Å². The molecular weight excluding hydrogens is 206 g/mol. The van der Waals surface area contributed by atoms with Crippen LogP contribution in [0, 0.1) is 0 Å². The van der Waals surface area contributed by atoms with E-state index in [2.05, 4.69) is 10.3 Å². The maximum atomic E-state index is 11.2. The average Bonchev–Trinajstić information content (AvgIpc) is 2.31. The van der Waals surface area contributed by atoms with Crippen LogP contribution in [0.4, 0.5) is 0 Å². The first-order valence-corrected chi connectivity index (χ1v) is 5.20. The third-order valence-electron chi connectivity index (χ3n) is 2.13. The molecule has 0 radical (unpaired) electrons. The molecule has 3 N–H and O–H groups in total. The molecule has 0 bridgehead atoms.